The van der Waals surface area contributed by atoms with Crippen molar-refractivity contribution in [1.29, 1.82) is 0 Å². The molecule has 0 saturated heterocycles. The van der Waals surface area contributed by atoms with Crippen molar-refractivity contribution in [1.82, 2.24) is 0 Å². The summed E-state index contributed by atoms with van der Waals surface area (Å²) in [5.74, 6) is 3.74. The van der Waals surface area contributed by atoms with Crippen LogP contribution in [0.2, 0.25) is 0 Å². The molecule has 0 spiro atoms. The number of carbonyl (C=O) groups excluding carboxylic acids is 1. The Labute approximate surface area is 135 Å². The third kappa shape index (κ3) is 1.85. The quantitative estimate of drug-likeness (QED) is 0.728. The Kier molecular flexibility index (Phi) is 3.32. The number of ketones is 1. The van der Waals surface area contributed by atoms with Crippen molar-refractivity contribution in [3.8, 4) is 0 Å². The zero-order chi connectivity index (χ0) is 15.7. The van der Waals surface area contributed by atoms with Gasteiger partial charge >= 0.3 is 0 Å². The molecule has 0 radical (unpaired) electrons. The van der Waals surface area contributed by atoms with Gasteiger partial charge in [-0.2, -0.15) is 0 Å². The lowest BCUT2D eigenvalue weighted by Crippen LogP contribution is -2.55. The van der Waals surface area contributed by atoms with E-state index in [0.717, 1.165) is 37.0 Å². The Hall–Kier alpha value is -0.370. The fourth-order valence-corrected chi connectivity index (χ4v) is 7.38. The minimum atomic E-state index is -0.0733. The first-order chi connectivity index (χ1) is 10.4. The van der Waals surface area contributed by atoms with Crippen LogP contribution in [-0.2, 0) is 4.79 Å². The first-order valence-electron chi connectivity index (χ1n) is 9.57. The number of carbonyl (C=O) groups is 1. The van der Waals surface area contributed by atoms with Crippen LogP contribution in [0.15, 0.2) is 0 Å². The minimum absolute atomic E-state index is 0.0733. The molecular formula is C20H32O2. The average molecular weight is 304 g/mol. The van der Waals surface area contributed by atoms with Crippen molar-refractivity contribution < 1.29 is 9.90 Å². The van der Waals surface area contributed by atoms with Gasteiger partial charge in [-0.1, -0.05) is 20.8 Å². The molecular weight excluding hydrogens is 272 g/mol. The van der Waals surface area contributed by atoms with Crippen molar-refractivity contribution in [2.24, 2.45) is 40.4 Å². The summed E-state index contributed by atoms with van der Waals surface area (Å²) in [5, 5.41) is 10.5. The van der Waals surface area contributed by atoms with Gasteiger partial charge in [0.15, 0.2) is 0 Å². The monoisotopic (exact) mass is 304 g/mol. The summed E-state index contributed by atoms with van der Waals surface area (Å²) in [5.41, 5.74) is 0.561. The molecule has 0 bridgehead atoms. The predicted octanol–water partition coefficient (Wildman–Crippen LogP) is 4.21. The first-order valence-corrected chi connectivity index (χ1v) is 9.57. The summed E-state index contributed by atoms with van der Waals surface area (Å²) in [4.78, 5) is 12.2. The molecule has 4 aliphatic carbocycles. The van der Waals surface area contributed by atoms with Crippen molar-refractivity contribution >= 4 is 5.78 Å². The topological polar surface area (TPSA) is 37.3 Å². The van der Waals surface area contributed by atoms with Crippen LogP contribution in [0, 0.1) is 40.4 Å². The third-order valence-electron chi connectivity index (χ3n) is 8.76. The number of Topliss-reactive ketones (excluding diaryl/α,β-unsaturated/α-hetero) is 1. The number of aliphatic hydroxyl groups excluding tert-OH is 1. The Balaban J connectivity index is 1.65. The number of fused-ring (bicyclic) bond motifs is 5. The van der Waals surface area contributed by atoms with E-state index in [0.29, 0.717) is 17.1 Å². The highest BCUT2D eigenvalue weighted by Gasteiger charge is 2.60. The van der Waals surface area contributed by atoms with Gasteiger partial charge in [-0.25, -0.2) is 0 Å². The molecule has 0 aromatic carbocycles. The second kappa shape index (κ2) is 4.82. The van der Waals surface area contributed by atoms with Gasteiger partial charge < -0.3 is 5.11 Å². The molecule has 4 saturated carbocycles. The summed E-state index contributed by atoms with van der Waals surface area (Å²) < 4.78 is 0. The zero-order valence-electron chi connectivity index (χ0n) is 14.5. The standard InChI is InChI=1S/C20H32O2/c1-12-11-20(3)13(10-17(12)21)4-5-14-15-6-7-18(22)19(15,2)9-8-16(14)20/h12-16,18,22H,4-11H2,1-3H3/t12-,13-,14+,15+,16+,18+,19+,20+/m1/s1. The molecule has 2 nitrogen and oxygen atoms in total. The molecule has 4 fully saturated rings. The van der Waals surface area contributed by atoms with Crippen LogP contribution >= 0.6 is 0 Å². The van der Waals surface area contributed by atoms with E-state index in [4.69, 9.17) is 0 Å². The summed E-state index contributed by atoms with van der Waals surface area (Å²) >= 11 is 0. The second-order valence-electron chi connectivity index (χ2n) is 9.57. The predicted molar refractivity (Wildman–Crippen MR) is 87.3 cm³/mol. The van der Waals surface area contributed by atoms with E-state index < -0.39 is 0 Å². The van der Waals surface area contributed by atoms with Crippen molar-refractivity contribution in [3.05, 3.63) is 0 Å². The normalized spacial score (nSPS) is 57.9. The lowest BCUT2D eigenvalue weighted by Gasteiger charge is -2.60. The van der Waals surface area contributed by atoms with Crippen LogP contribution < -0.4 is 0 Å². The van der Waals surface area contributed by atoms with Gasteiger partial charge in [0.2, 0.25) is 0 Å². The minimum Gasteiger partial charge on any atom is -0.393 e. The Morgan fingerprint density at radius 2 is 1.73 bits per heavy atom. The molecule has 1 N–H and O–H groups in total. The van der Waals surface area contributed by atoms with Gasteiger partial charge in [-0.15, -0.1) is 0 Å². The summed E-state index contributed by atoms with van der Waals surface area (Å²) in [6.07, 6.45) is 9.16. The molecule has 0 aromatic rings. The van der Waals surface area contributed by atoms with E-state index >= 15 is 0 Å². The highest BCUT2D eigenvalue weighted by molar-refractivity contribution is 5.82. The van der Waals surface area contributed by atoms with Crippen LogP contribution in [0.3, 0.4) is 0 Å². The van der Waals surface area contributed by atoms with Gasteiger partial charge in [-0.05, 0) is 79.4 Å². The van der Waals surface area contributed by atoms with Crippen molar-refractivity contribution in [2.45, 2.75) is 78.2 Å². The maximum atomic E-state index is 12.2. The fourth-order valence-electron chi connectivity index (χ4n) is 7.38. The van der Waals surface area contributed by atoms with Gasteiger partial charge in [0.25, 0.3) is 0 Å². The van der Waals surface area contributed by atoms with Crippen LogP contribution in [0.5, 0.6) is 0 Å². The maximum Gasteiger partial charge on any atom is 0.136 e. The van der Waals surface area contributed by atoms with E-state index in [1.165, 1.54) is 32.1 Å². The maximum absolute atomic E-state index is 12.2. The zero-order valence-corrected chi connectivity index (χ0v) is 14.5. The molecule has 22 heavy (non-hydrogen) atoms. The largest absolute Gasteiger partial charge is 0.393 e. The van der Waals surface area contributed by atoms with E-state index in [-0.39, 0.29) is 17.4 Å². The highest BCUT2D eigenvalue weighted by atomic mass is 16.3. The highest BCUT2D eigenvalue weighted by Crippen LogP contribution is 2.66. The second-order valence-corrected chi connectivity index (χ2v) is 9.57. The lowest BCUT2D eigenvalue weighted by atomic mass is 9.44. The summed E-state index contributed by atoms with van der Waals surface area (Å²) in [7, 11) is 0. The van der Waals surface area contributed by atoms with Crippen LogP contribution in [0.25, 0.3) is 0 Å². The fraction of sp³-hybridized carbons (Fsp3) is 0.950. The number of aliphatic hydroxyl groups is 1. The number of rotatable bonds is 0. The van der Waals surface area contributed by atoms with Gasteiger partial charge in [0.1, 0.15) is 5.78 Å². The van der Waals surface area contributed by atoms with Gasteiger partial charge in [0, 0.05) is 12.3 Å². The summed E-state index contributed by atoms with van der Waals surface area (Å²) in [6.45, 7) is 7.01. The van der Waals surface area contributed by atoms with Crippen molar-refractivity contribution in [2.75, 3.05) is 0 Å². The lowest BCUT2D eigenvalue weighted by molar-refractivity contribution is -0.148. The molecule has 4 rings (SSSR count). The molecule has 0 heterocycles. The molecule has 0 aromatic heterocycles. The van der Waals surface area contributed by atoms with E-state index in [1.54, 1.807) is 0 Å². The SMILES string of the molecule is C[C@@H]1C[C@@]2(C)[C@H](CC[C@@H]3[C@@H]2CC[C@]2(C)[C@@H](O)CC[C@@H]32)CC1=O. The van der Waals surface area contributed by atoms with Crippen LogP contribution in [0.4, 0.5) is 0 Å². The average Bonchev–Trinajstić information content (AvgIpc) is 2.77. The first kappa shape index (κ1) is 15.2. The Morgan fingerprint density at radius 3 is 2.50 bits per heavy atom. The molecule has 4 aliphatic rings. The molecule has 124 valence electrons. The Bertz CT molecular complexity index is 486. The van der Waals surface area contributed by atoms with Crippen LogP contribution in [-0.4, -0.2) is 17.0 Å². The van der Waals surface area contributed by atoms with E-state index in [9.17, 15) is 9.90 Å². The smallest absolute Gasteiger partial charge is 0.136 e. The molecule has 0 unspecified atom stereocenters. The van der Waals surface area contributed by atoms with E-state index in [1.807, 2.05) is 0 Å². The van der Waals surface area contributed by atoms with Gasteiger partial charge in [-0.3, -0.25) is 4.79 Å². The van der Waals surface area contributed by atoms with Crippen LogP contribution in [0.1, 0.15) is 72.1 Å². The molecule has 0 amide bonds. The molecule has 0 aliphatic heterocycles. The molecule has 2 heteroatoms. The molecule has 8 atom stereocenters. The third-order valence-corrected chi connectivity index (χ3v) is 8.76. The van der Waals surface area contributed by atoms with Crippen molar-refractivity contribution in [3.63, 3.8) is 0 Å². The number of hydrogen-bond acceptors (Lipinski definition) is 2. The Morgan fingerprint density at radius 1 is 1.00 bits per heavy atom. The van der Waals surface area contributed by atoms with Gasteiger partial charge in [0.05, 0.1) is 6.10 Å². The number of hydrogen-bond donors (Lipinski definition) is 1. The van der Waals surface area contributed by atoms with E-state index in [2.05, 4.69) is 20.8 Å². The summed E-state index contributed by atoms with van der Waals surface area (Å²) in [6, 6.07) is 0.